The van der Waals surface area contributed by atoms with E-state index in [0.29, 0.717) is 0 Å². The zero-order valence-corrected chi connectivity index (χ0v) is 9.66. The van der Waals surface area contributed by atoms with Gasteiger partial charge in [-0.1, -0.05) is 13.8 Å². The monoisotopic (exact) mass is 210 g/mol. The third kappa shape index (κ3) is 2.44. The SMILES string of the molecule is CC1CCN(C2=CC(N)NN2)CCC1C. The first-order valence-corrected chi connectivity index (χ1v) is 5.90. The van der Waals surface area contributed by atoms with Gasteiger partial charge in [-0.3, -0.25) is 0 Å². The van der Waals surface area contributed by atoms with Gasteiger partial charge in [0.05, 0.1) is 6.17 Å². The van der Waals surface area contributed by atoms with Gasteiger partial charge in [0.25, 0.3) is 0 Å². The van der Waals surface area contributed by atoms with Crippen LogP contribution in [0.1, 0.15) is 26.7 Å². The molecule has 4 heteroatoms. The topological polar surface area (TPSA) is 53.3 Å². The lowest BCUT2D eigenvalue weighted by atomic mass is 9.92. The van der Waals surface area contributed by atoms with Crippen LogP contribution in [0, 0.1) is 11.8 Å². The molecule has 1 fully saturated rings. The number of hydrogen-bond donors (Lipinski definition) is 3. The van der Waals surface area contributed by atoms with E-state index in [0.717, 1.165) is 30.7 Å². The molecule has 0 radical (unpaired) electrons. The number of hydrazine groups is 1. The minimum atomic E-state index is -0.0434. The van der Waals surface area contributed by atoms with Crippen LogP contribution in [-0.4, -0.2) is 24.2 Å². The van der Waals surface area contributed by atoms with Gasteiger partial charge in [0.2, 0.25) is 0 Å². The fraction of sp³-hybridized carbons (Fsp3) is 0.818. The Bertz CT molecular complexity index is 239. The van der Waals surface area contributed by atoms with Crippen LogP contribution in [0.4, 0.5) is 0 Å². The number of nitrogens with one attached hydrogen (secondary N) is 2. The fourth-order valence-corrected chi connectivity index (χ4v) is 2.24. The third-order valence-corrected chi connectivity index (χ3v) is 3.73. The van der Waals surface area contributed by atoms with Crippen LogP contribution in [0.25, 0.3) is 0 Å². The highest BCUT2D eigenvalue weighted by Crippen LogP contribution is 2.24. The van der Waals surface area contributed by atoms with E-state index in [9.17, 15) is 0 Å². The van der Waals surface area contributed by atoms with E-state index in [-0.39, 0.29) is 6.17 Å². The number of hydrogen-bond acceptors (Lipinski definition) is 4. The van der Waals surface area contributed by atoms with Crippen molar-refractivity contribution in [3.05, 3.63) is 11.9 Å². The van der Waals surface area contributed by atoms with Crippen molar-refractivity contribution in [2.24, 2.45) is 17.6 Å². The molecule has 0 bridgehead atoms. The Morgan fingerprint density at radius 3 is 2.33 bits per heavy atom. The summed E-state index contributed by atoms with van der Waals surface area (Å²) in [6, 6.07) is 0. The maximum atomic E-state index is 5.75. The van der Waals surface area contributed by atoms with Crippen LogP contribution in [0.2, 0.25) is 0 Å². The molecule has 4 nitrogen and oxygen atoms in total. The van der Waals surface area contributed by atoms with Gasteiger partial charge in [0.15, 0.2) is 0 Å². The first kappa shape index (κ1) is 10.8. The highest BCUT2D eigenvalue weighted by Gasteiger charge is 2.23. The second kappa shape index (κ2) is 4.41. The average Bonchev–Trinajstić information content (AvgIpc) is 2.56. The quantitative estimate of drug-likeness (QED) is 0.593. The van der Waals surface area contributed by atoms with Gasteiger partial charge in [-0.25, -0.2) is 5.43 Å². The van der Waals surface area contributed by atoms with Gasteiger partial charge in [-0.05, 0) is 30.8 Å². The zero-order valence-electron chi connectivity index (χ0n) is 9.66. The smallest absolute Gasteiger partial charge is 0.115 e. The Balaban J connectivity index is 1.96. The summed E-state index contributed by atoms with van der Waals surface area (Å²) in [7, 11) is 0. The Kier molecular flexibility index (Phi) is 3.17. The van der Waals surface area contributed by atoms with E-state index >= 15 is 0 Å². The van der Waals surface area contributed by atoms with Crippen molar-refractivity contribution in [1.82, 2.24) is 15.8 Å². The summed E-state index contributed by atoms with van der Waals surface area (Å²) in [5, 5.41) is 0. The summed E-state index contributed by atoms with van der Waals surface area (Å²) >= 11 is 0. The fourth-order valence-electron chi connectivity index (χ4n) is 2.24. The summed E-state index contributed by atoms with van der Waals surface area (Å²) in [5.74, 6) is 2.82. The van der Waals surface area contributed by atoms with Gasteiger partial charge >= 0.3 is 0 Å². The molecule has 2 aliphatic heterocycles. The van der Waals surface area contributed by atoms with Gasteiger partial charge in [-0.15, -0.1) is 0 Å². The van der Waals surface area contributed by atoms with Crippen molar-refractivity contribution < 1.29 is 0 Å². The van der Waals surface area contributed by atoms with Crippen molar-refractivity contribution in [3.8, 4) is 0 Å². The summed E-state index contributed by atoms with van der Waals surface area (Å²) in [4.78, 5) is 2.40. The molecule has 0 aromatic heterocycles. The van der Waals surface area contributed by atoms with Gasteiger partial charge in [0, 0.05) is 13.1 Å². The Hall–Kier alpha value is -0.740. The van der Waals surface area contributed by atoms with Crippen molar-refractivity contribution in [2.75, 3.05) is 13.1 Å². The van der Waals surface area contributed by atoms with E-state index in [1.165, 1.54) is 12.8 Å². The molecular weight excluding hydrogens is 188 g/mol. The number of rotatable bonds is 1. The third-order valence-electron chi connectivity index (χ3n) is 3.73. The minimum Gasteiger partial charge on any atom is -0.358 e. The molecule has 0 aromatic rings. The molecule has 0 spiro atoms. The first-order chi connectivity index (χ1) is 7.16. The van der Waals surface area contributed by atoms with Gasteiger partial charge < -0.3 is 16.1 Å². The van der Waals surface area contributed by atoms with E-state index < -0.39 is 0 Å². The van der Waals surface area contributed by atoms with Crippen LogP contribution in [0.15, 0.2) is 11.9 Å². The molecule has 0 amide bonds. The lowest BCUT2D eigenvalue weighted by Crippen LogP contribution is -2.40. The molecule has 2 rings (SSSR count). The normalized spacial score (nSPS) is 37.1. The van der Waals surface area contributed by atoms with E-state index in [1.54, 1.807) is 0 Å². The van der Waals surface area contributed by atoms with Crippen LogP contribution < -0.4 is 16.6 Å². The van der Waals surface area contributed by atoms with Gasteiger partial charge in [0.1, 0.15) is 5.82 Å². The molecule has 2 heterocycles. The molecule has 0 saturated carbocycles. The molecule has 2 aliphatic rings. The van der Waals surface area contributed by atoms with E-state index in [1.807, 2.05) is 0 Å². The molecular formula is C11H22N4. The Labute approximate surface area is 91.9 Å². The maximum absolute atomic E-state index is 5.75. The summed E-state index contributed by atoms with van der Waals surface area (Å²) in [6.07, 6.45) is 4.56. The van der Waals surface area contributed by atoms with Crippen LogP contribution >= 0.6 is 0 Å². The average molecular weight is 210 g/mol. The first-order valence-electron chi connectivity index (χ1n) is 5.90. The molecule has 1 saturated heterocycles. The number of likely N-dealkylation sites (tertiary alicyclic amines) is 1. The molecule has 15 heavy (non-hydrogen) atoms. The standard InChI is InChI=1S/C11H22N4/c1-8-3-5-15(6-4-9(8)2)11-7-10(12)13-14-11/h7-10,13-14H,3-6,12H2,1-2H3. The highest BCUT2D eigenvalue weighted by molar-refractivity contribution is 5.08. The van der Waals surface area contributed by atoms with Crippen molar-refractivity contribution in [1.29, 1.82) is 0 Å². The molecule has 0 aliphatic carbocycles. The van der Waals surface area contributed by atoms with Crippen LogP contribution in [0.5, 0.6) is 0 Å². The lowest BCUT2D eigenvalue weighted by molar-refractivity contribution is 0.324. The molecule has 4 N–H and O–H groups in total. The zero-order chi connectivity index (χ0) is 10.8. The van der Waals surface area contributed by atoms with E-state index in [2.05, 4.69) is 35.7 Å². The molecule has 86 valence electrons. The lowest BCUT2D eigenvalue weighted by Gasteiger charge is -2.23. The Morgan fingerprint density at radius 2 is 1.87 bits per heavy atom. The Morgan fingerprint density at radius 1 is 1.27 bits per heavy atom. The number of nitrogens with two attached hydrogens (primary N) is 1. The number of nitrogens with zero attached hydrogens (tertiary/aromatic N) is 1. The van der Waals surface area contributed by atoms with Gasteiger partial charge in [-0.2, -0.15) is 0 Å². The van der Waals surface area contributed by atoms with E-state index in [4.69, 9.17) is 5.73 Å². The molecule has 3 unspecified atom stereocenters. The highest BCUT2D eigenvalue weighted by atomic mass is 15.5. The van der Waals surface area contributed by atoms with Crippen molar-refractivity contribution >= 4 is 0 Å². The maximum Gasteiger partial charge on any atom is 0.115 e. The van der Waals surface area contributed by atoms with Crippen molar-refractivity contribution in [3.63, 3.8) is 0 Å². The predicted molar refractivity (Wildman–Crippen MR) is 61.5 cm³/mol. The second-order valence-electron chi connectivity index (χ2n) is 4.87. The summed E-state index contributed by atoms with van der Waals surface area (Å²) in [6.45, 7) is 6.99. The molecule has 0 aromatic carbocycles. The van der Waals surface area contributed by atoms with Crippen LogP contribution in [0.3, 0.4) is 0 Å². The second-order valence-corrected chi connectivity index (χ2v) is 4.87. The molecule has 3 atom stereocenters. The summed E-state index contributed by atoms with van der Waals surface area (Å²) in [5.41, 5.74) is 11.9. The largest absolute Gasteiger partial charge is 0.358 e. The van der Waals surface area contributed by atoms with Crippen LogP contribution in [-0.2, 0) is 0 Å². The minimum absolute atomic E-state index is 0.0434. The predicted octanol–water partition coefficient (Wildman–Crippen LogP) is 0.588. The van der Waals surface area contributed by atoms with Crippen molar-refractivity contribution in [2.45, 2.75) is 32.9 Å². The summed E-state index contributed by atoms with van der Waals surface area (Å²) < 4.78 is 0.